The molecule has 0 amide bonds. The highest BCUT2D eigenvalue weighted by Gasteiger charge is 1.99. The Morgan fingerprint density at radius 1 is 1.38 bits per heavy atom. The summed E-state index contributed by atoms with van der Waals surface area (Å²) in [7, 11) is 1.24. The number of nitrogens with zero attached hydrogens (tertiary/aromatic N) is 1. The molecule has 0 aliphatic carbocycles. The molecule has 0 rings (SSSR count). The molecule has 0 saturated carbocycles. The van der Waals surface area contributed by atoms with Crippen LogP contribution in [-0.2, 0) is 9.53 Å². The Bertz CT molecular complexity index is 168. The van der Waals surface area contributed by atoms with Gasteiger partial charge in [0.15, 0.2) is 0 Å². The van der Waals surface area contributed by atoms with Gasteiger partial charge in [-0.05, 0) is 0 Å². The Morgan fingerprint density at radius 2 is 1.92 bits per heavy atom. The minimum Gasteiger partial charge on any atom is -0.466 e. The van der Waals surface area contributed by atoms with E-state index in [1.54, 1.807) is 0 Å². The van der Waals surface area contributed by atoms with Gasteiger partial charge in [-0.2, -0.15) is 0 Å². The monoisotopic (exact) mass is 193 g/mol. The zero-order valence-electron chi connectivity index (χ0n) is 7.50. The van der Waals surface area contributed by atoms with E-state index in [0.29, 0.717) is 0 Å². The van der Waals surface area contributed by atoms with Crippen molar-refractivity contribution in [1.29, 1.82) is 0 Å². The minimum absolute atomic E-state index is 0.0808. The lowest BCUT2D eigenvalue weighted by Crippen LogP contribution is -2.22. The standard InChI is InChI=1S/C8H13F2NO2/c1-13-8(12)2-5-11(6-3-9)7-4-10/h2,5H,3-4,6-7H2,1H3/b5-2+. The van der Waals surface area contributed by atoms with Crippen molar-refractivity contribution in [2.75, 3.05) is 33.5 Å². The van der Waals surface area contributed by atoms with Crippen molar-refractivity contribution in [1.82, 2.24) is 4.90 Å². The summed E-state index contributed by atoms with van der Waals surface area (Å²) >= 11 is 0. The van der Waals surface area contributed by atoms with E-state index in [4.69, 9.17) is 0 Å². The van der Waals surface area contributed by atoms with Crippen LogP contribution in [0.3, 0.4) is 0 Å². The molecule has 0 aromatic rings. The molecule has 0 spiro atoms. The van der Waals surface area contributed by atoms with Crippen molar-refractivity contribution >= 4 is 5.97 Å². The van der Waals surface area contributed by atoms with Crippen molar-refractivity contribution in [3.8, 4) is 0 Å². The molecule has 0 bridgehead atoms. The number of ether oxygens (including phenoxy) is 1. The lowest BCUT2D eigenvalue weighted by Gasteiger charge is -2.15. The molecule has 0 aromatic heterocycles. The summed E-state index contributed by atoms with van der Waals surface area (Å²) in [6, 6.07) is 0. The number of halogens is 2. The van der Waals surface area contributed by atoms with Gasteiger partial charge in [0.05, 0.1) is 7.11 Å². The number of rotatable bonds is 6. The summed E-state index contributed by atoms with van der Waals surface area (Å²) in [5.74, 6) is -0.539. The number of esters is 1. The van der Waals surface area contributed by atoms with Gasteiger partial charge in [-0.15, -0.1) is 0 Å². The van der Waals surface area contributed by atoms with E-state index < -0.39 is 19.3 Å². The average molecular weight is 193 g/mol. The SMILES string of the molecule is COC(=O)/C=C/N(CCF)CCF. The maximum atomic E-state index is 11.9. The topological polar surface area (TPSA) is 29.5 Å². The van der Waals surface area contributed by atoms with Gasteiger partial charge in [0.25, 0.3) is 0 Å². The fourth-order valence-corrected chi connectivity index (χ4v) is 0.712. The van der Waals surface area contributed by atoms with Crippen LogP contribution in [0.1, 0.15) is 0 Å². The molecule has 0 aromatic carbocycles. The molecule has 0 atom stereocenters. The van der Waals surface area contributed by atoms with Crippen LogP contribution in [0.5, 0.6) is 0 Å². The quantitative estimate of drug-likeness (QED) is 0.464. The smallest absolute Gasteiger partial charge is 0.331 e. The van der Waals surface area contributed by atoms with Crippen LogP contribution in [-0.4, -0.2) is 44.4 Å². The Balaban J connectivity index is 3.91. The summed E-state index contributed by atoms with van der Waals surface area (Å²) in [4.78, 5) is 12.0. The predicted octanol–water partition coefficient (Wildman–Crippen LogP) is 0.914. The lowest BCUT2D eigenvalue weighted by atomic mass is 10.5. The second kappa shape index (κ2) is 7.52. The van der Waals surface area contributed by atoms with Gasteiger partial charge in [-0.3, -0.25) is 0 Å². The number of carbonyl (C=O) groups excluding carboxylic acids is 1. The number of alkyl halides is 2. The molecule has 3 nitrogen and oxygen atoms in total. The zero-order valence-corrected chi connectivity index (χ0v) is 7.50. The largest absolute Gasteiger partial charge is 0.466 e. The van der Waals surface area contributed by atoms with Crippen molar-refractivity contribution in [3.05, 3.63) is 12.3 Å². The summed E-state index contributed by atoms with van der Waals surface area (Å²) in [5.41, 5.74) is 0. The first-order valence-electron chi connectivity index (χ1n) is 3.86. The fraction of sp³-hybridized carbons (Fsp3) is 0.625. The zero-order chi connectivity index (χ0) is 10.1. The lowest BCUT2D eigenvalue weighted by molar-refractivity contribution is -0.134. The summed E-state index contributed by atoms with van der Waals surface area (Å²) in [6.45, 7) is -0.994. The second-order valence-electron chi connectivity index (χ2n) is 2.25. The molecule has 76 valence electrons. The third kappa shape index (κ3) is 6.07. The van der Waals surface area contributed by atoms with Crippen LogP contribution in [0.4, 0.5) is 8.78 Å². The number of methoxy groups -OCH3 is 1. The molecule has 0 aliphatic rings. The van der Waals surface area contributed by atoms with E-state index in [1.807, 2.05) is 0 Å². The molecular weight excluding hydrogens is 180 g/mol. The van der Waals surface area contributed by atoms with E-state index in [2.05, 4.69) is 4.74 Å². The summed E-state index contributed by atoms with van der Waals surface area (Å²) in [6.07, 6.45) is 2.45. The molecular formula is C8H13F2NO2. The first-order chi connectivity index (χ1) is 6.24. The van der Waals surface area contributed by atoms with Gasteiger partial charge in [0, 0.05) is 25.4 Å². The molecule has 0 radical (unpaired) electrons. The number of carbonyl (C=O) groups is 1. The predicted molar refractivity (Wildman–Crippen MR) is 44.7 cm³/mol. The molecule has 0 unspecified atom stereocenters. The molecule has 0 fully saturated rings. The van der Waals surface area contributed by atoms with Crippen molar-refractivity contribution in [2.45, 2.75) is 0 Å². The van der Waals surface area contributed by atoms with Gasteiger partial charge >= 0.3 is 5.97 Å². The van der Waals surface area contributed by atoms with Gasteiger partial charge in [0.2, 0.25) is 0 Å². The van der Waals surface area contributed by atoms with E-state index in [-0.39, 0.29) is 13.1 Å². The van der Waals surface area contributed by atoms with Crippen molar-refractivity contribution in [3.63, 3.8) is 0 Å². The van der Waals surface area contributed by atoms with Crippen molar-refractivity contribution < 1.29 is 18.3 Å². The van der Waals surface area contributed by atoms with Crippen LogP contribution in [0.2, 0.25) is 0 Å². The summed E-state index contributed by atoms with van der Waals surface area (Å²) < 4.78 is 28.0. The summed E-state index contributed by atoms with van der Waals surface area (Å²) in [5, 5.41) is 0. The first-order valence-corrected chi connectivity index (χ1v) is 3.86. The van der Waals surface area contributed by atoms with Gasteiger partial charge in [0.1, 0.15) is 13.3 Å². The molecule has 0 aliphatic heterocycles. The highest BCUT2D eigenvalue weighted by atomic mass is 19.1. The average Bonchev–Trinajstić information content (AvgIpc) is 2.14. The van der Waals surface area contributed by atoms with Gasteiger partial charge in [-0.25, -0.2) is 13.6 Å². The molecule has 0 saturated heterocycles. The van der Waals surface area contributed by atoms with Crippen LogP contribution < -0.4 is 0 Å². The first kappa shape index (κ1) is 11.9. The normalized spacial score (nSPS) is 10.4. The van der Waals surface area contributed by atoms with Crippen molar-refractivity contribution in [2.24, 2.45) is 0 Å². The Kier molecular flexibility index (Phi) is 6.86. The van der Waals surface area contributed by atoms with Crippen LogP contribution >= 0.6 is 0 Å². The molecule has 5 heteroatoms. The Hall–Kier alpha value is -1.13. The van der Waals surface area contributed by atoms with E-state index in [9.17, 15) is 13.6 Å². The third-order valence-electron chi connectivity index (χ3n) is 1.37. The molecule has 13 heavy (non-hydrogen) atoms. The fourth-order valence-electron chi connectivity index (χ4n) is 0.712. The van der Waals surface area contributed by atoms with E-state index in [0.717, 1.165) is 6.08 Å². The Labute approximate surface area is 76.0 Å². The van der Waals surface area contributed by atoms with Gasteiger partial charge in [-0.1, -0.05) is 0 Å². The Morgan fingerprint density at radius 3 is 2.31 bits per heavy atom. The number of hydrogen-bond acceptors (Lipinski definition) is 3. The second-order valence-corrected chi connectivity index (χ2v) is 2.25. The van der Waals surface area contributed by atoms with Gasteiger partial charge < -0.3 is 9.64 Å². The molecule has 0 N–H and O–H groups in total. The molecule has 0 heterocycles. The highest BCUT2D eigenvalue weighted by molar-refractivity contribution is 5.81. The van der Waals surface area contributed by atoms with E-state index >= 15 is 0 Å². The van der Waals surface area contributed by atoms with Crippen LogP contribution in [0.15, 0.2) is 12.3 Å². The maximum Gasteiger partial charge on any atom is 0.331 e. The maximum absolute atomic E-state index is 11.9. The highest BCUT2D eigenvalue weighted by Crippen LogP contribution is 1.91. The minimum atomic E-state index is -0.578. The van der Waals surface area contributed by atoms with Crippen LogP contribution in [0, 0.1) is 0 Å². The van der Waals surface area contributed by atoms with E-state index in [1.165, 1.54) is 18.2 Å². The number of hydrogen-bond donors (Lipinski definition) is 0. The third-order valence-corrected chi connectivity index (χ3v) is 1.37. The van der Waals surface area contributed by atoms with Crippen LogP contribution in [0.25, 0.3) is 0 Å².